The third-order valence-electron chi connectivity index (χ3n) is 7.92. The van der Waals surface area contributed by atoms with Crippen LogP contribution in [-0.2, 0) is 13.0 Å². The first-order valence-corrected chi connectivity index (χ1v) is 12.8. The van der Waals surface area contributed by atoms with Gasteiger partial charge in [0.25, 0.3) is 0 Å². The molecule has 9 nitrogen and oxygen atoms in total. The van der Waals surface area contributed by atoms with Gasteiger partial charge < -0.3 is 30.7 Å². The zero-order valence-electron chi connectivity index (χ0n) is 21.2. The molecule has 0 radical (unpaired) electrons. The lowest BCUT2D eigenvalue weighted by Crippen LogP contribution is -2.45. The third kappa shape index (κ3) is 5.00. The molecule has 2 amide bonds. The van der Waals surface area contributed by atoms with Crippen molar-refractivity contribution in [3.05, 3.63) is 41.0 Å². The zero-order chi connectivity index (χ0) is 24.5. The average Bonchev–Trinajstić information content (AvgIpc) is 2.87. The fourth-order valence-electron chi connectivity index (χ4n) is 5.68. The van der Waals surface area contributed by atoms with Gasteiger partial charge in [-0.15, -0.1) is 0 Å². The molecule has 2 aromatic rings. The van der Waals surface area contributed by atoms with Gasteiger partial charge in [-0.05, 0) is 55.8 Å². The first kappa shape index (κ1) is 23.7. The van der Waals surface area contributed by atoms with Crippen LogP contribution in [0.1, 0.15) is 42.4 Å². The fraction of sp³-hybridized carbons (Fsp3) is 0.577. The molecule has 1 aromatic carbocycles. The summed E-state index contributed by atoms with van der Waals surface area (Å²) >= 11 is 0. The number of hydrogen-bond donors (Lipinski definition) is 2. The van der Waals surface area contributed by atoms with Gasteiger partial charge in [-0.1, -0.05) is 18.2 Å². The summed E-state index contributed by atoms with van der Waals surface area (Å²) in [7, 11) is 3.85. The number of piperidine rings is 1. The van der Waals surface area contributed by atoms with E-state index in [0.29, 0.717) is 17.9 Å². The Labute approximate surface area is 208 Å². The Morgan fingerprint density at radius 2 is 1.71 bits per heavy atom. The second-order valence-corrected chi connectivity index (χ2v) is 10.3. The predicted octanol–water partition coefficient (Wildman–Crippen LogP) is 2.28. The molecule has 35 heavy (non-hydrogen) atoms. The van der Waals surface area contributed by atoms with Crippen LogP contribution < -0.4 is 20.9 Å². The van der Waals surface area contributed by atoms with Gasteiger partial charge in [0.15, 0.2) is 0 Å². The number of nitrogens with two attached hydrogens (primary N) is 1. The van der Waals surface area contributed by atoms with Gasteiger partial charge in [-0.25, -0.2) is 4.79 Å². The van der Waals surface area contributed by atoms with Crippen molar-refractivity contribution in [2.75, 3.05) is 68.9 Å². The van der Waals surface area contributed by atoms with Crippen LogP contribution in [0.2, 0.25) is 0 Å². The summed E-state index contributed by atoms with van der Waals surface area (Å²) in [4.78, 5) is 30.1. The number of anilines is 3. The predicted molar refractivity (Wildman–Crippen MR) is 140 cm³/mol. The Bertz CT molecular complexity index is 1060. The number of rotatable bonds is 3. The molecular weight excluding hydrogens is 440 g/mol. The highest BCUT2D eigenvalue weighted by Crippen LogP contribution is 2.34. The Morgan fingerprint density at radius 1 is 1.00 bits per heavy atom. The van der Waals surface area contributed by atoms with E-state index < -0.39 is 0 Å². The second kappa shape index (κ2) is 9.89. The lowest BCUT2D eigenvalue weighted by molar-refractivity contribution is 0.183. The monoisotopic (exact) mass is 478 g/mol. The van der Waals surface area contributed by atoms with Crippen molar-refractivity contribution in [1.29, 1.82) is 0 Å². The molecule has 2 saturated heterocycles. The van der Waals surface area contributed by atoms with E-state index in [1.54, 1.807) is 7.05 Å². The fourth-order valence-corrected chi connectivity index (χ4v) is 5.68. The highest BCUT2D eigenvalue weighted by atomic mass is 16.2. The van der Waals surface area contributed by atoms with Crippen LogP contribution in [0.15, 0.2) is 24.3 Å². The molecule has 3 N–H and O–H groups in total. The van der Waals surface area contributed by atoms with E-state index in [1.807, 2.05) is 4.90 Å². The minimum atomic E-state index is 0.0265. The van der Waals surface area contributed by atoms with Crippen LogP contribution >= 0.6 is 0 Å². The number of nitrogen functional groups attached to an aromatic ring is 1. The largest absolute Gasteiger partial charge is 0.368 e. The molecule has 4 heterocycles. The van der Waals surface area contributed by atoms with Crippen LogP contribution in [0.3, 0.4) is 0 Å². The second-order valence-electron chi connectivity index (χ2n) is 10.3. The lowest BCUT2D eigenvalue weighted by Gasteiger charge is -2.38. The van der Waals surface area contributed by atoms with Gasteiger partial charge in [0.05, 0.1) is 0 Å². The summed E-state index contributed by atoms with van der Waals surface area (Å²) in [5.41, 5.74) is 10.4. The Hall–Kier alpha value is -3.07. The number of carbonyl (C=O) groups is 1. The number of nitrogens with one attached hydrogen (secondary N) is 1. The number of benzene rings is 1. The summed E-state index contributed by atoms with van der Waals surface area (Å²) in [5.74, 6) is 2.67. The van der Waals surface area contributed by atoms with Gasteiger partial charge in [0.1, 0.15) is 11.6 Å². The molecule has 1 unspecified atom stereocenters. The maximum Gasteiger partial charge on any atom is 0.317 e. The van der Waals surface area contributed by atoms with E-state index in [2.05, 4.69) is 68.2 Å². The van der Waals surface area contributed by atoms with Gasteiger partial charge in [-0.2, -0.15) is 9.97 Å². The number of amides is 2. The van der Waals surface area contributed by atoms with Crippen LogP contribution in [0.4, 0.5) is 22.4 Å². The van der Waals surface area contributed by atoms with E-state index in [-0.39, 0.29) is 6.03 Å². The van der Waals surface area contributed by atoms with Crippen LogP contribution in [0.25, 0.3) is 0 Å². The van der Waals surface area contributed by atoms with Gasteiger partial charge >= 0.3 is 6.03 Å². The maximum atomic E-state index is 12.0. The molecule has 3 aliphatic heterocycles. The molecule has 0 bridgehead atoms. The first-order valence-electron chi connectivity index (χ1n) is 12.8. The smallest absolute Gasteiger partial charge is 0.317 e. The van der Waals surface area contributed by atoms with Crippen molar-refractivity contribution in [2.24, 2.45) is 0 Å². The van der Waals surface area contributed by atoms with Crippen molar-refractivity contribution in [1.82, 2.24) is 25.1 Å². The Balaban J connectivity index is 1.33. The zero-order valence-corrected chi connectivity index (χ0v) is 21.2. The van der Waals surface area contributed by atoms with Crippen molar-refractivity contribution >= 4 is 23.6 Å². The molecule has 188 valence electrons. The summed E-state index contributed by atoms with van der Waals surface area (Å²) in [5, 5.41) is 2.74. The molecule has 0 aliphatic carbocycles. The van der Waals surface area contributed by atoms with E-state index >= 15 is 0 Å². The number of likely N-dealkylation sites (N-methyl/N-ethyl adjacent to an activating group) is 1. The molecular formula is C26H38N8O. The number of likely N-dealkylation sites (tertiary alicyclic amines) is 1. The minimum Gasteiger partial charge on any atom is -0.368 e. The average molecular weight is 479 g/mol. The van der Waals surface area contributed by atoms with Gasteiger partial charge in [-0.3, -0.25) is 0 Å². The van der Waals surface area contributed by atoms with E-state index in [0.717, 1.165) is 76.7 Å². The molecule has 0 spiro atoms. The number of nitrogens with zero attached hydrogens (tertiary/aromatic N) is 6. The molecule has 9 heteroatoms. The first-order chi connectivity index (χ1) is 16.9. The molecule has 3 aliphatic rings. The van der Waals surface area contributed by atoms with Crippen molar-refractivity contribution in [3.63, 3.8) is 0 Å². The molecule has 0 saturated carbocycles. The number of piperazine rings is 1. The minimum absolute atomic E-state index is 0.0265. The highest BCUT2D eigenvalue weighted by Gasteiger charge is 2.28. The maximum absolute atomic E-state index is 12.0. The standard InChI is InChI=1S/C26H38N8O/c1-18-14-20-4-5-21(19-6-8-33(9-7-19)26(35)28-2)15-22(20)17-34(18)24-16-23(29-25(27)30-24)32-12-10-31(3)11-13-32/h4-5,15-16,18-19H,6-14,17H2,1-3H3,(H,28,35)(H2,27,29,30). The van der Waals surface area contributed by atoms with Crippen molar-refractivity contribution < 1.29 is 4.79 Å². The quantitative estimate of drug-likeness (QED) is 0.699. The van der Waals surface area contributed by atoms with Crippen molar-refractivity contribution in [2.45, 2.75) is 44.7 Å². The van der Waals surface area contributed by atoms with E-state index in [9.17, 15) is 4.79 Å². The molecule has 1 aromatic heterocycles. The summed E-state index contributed by atoms with van der Waals surface area (Å²) < 4.78 is 0. The van der Waals surface area contributed by atoms with Gasteiger partial charge in [0, 0.05) is 65.0 Å². The summed E-state index contributed by atoms with van der Waals surface area (Å²) in [6.45, 7) is 8.65. The van der Waals surface area contributed by atoms with E-state index in [1.165, 1.54) is 16.7 Å². The number of fused-ring (bicyclic) bond motifs is 1. The van der Waals surface area contributed by atoms with Crippen LogP contribution in [0.5, 0.6) is 0 Å². The van der Waals surface area contributed by atoms with Crippen LogP contribution in [-0.4, -0.2) is 85.2 Å². The Morgan fingerprint density at radius 3 is 2.43 bits per heavy atom. The molecule has 5 rings (SSSR count). The van der Waals surface area contributed by atoms with Gasteiger partial charge in [0.2, 0.25) is 5.95 Å². The van der Waals surface area contributed by atoms with Crippen molar-refractivity contribution in [3.8, 4) is 0 Å². The molecule has 2 fully saturated rings. The number of hydrogen-bond acceptors (Lipinski definition) is 7. The summed E-state index contributed by atoms with van der Waals surface area (Å²) in [6, 6.07) is 9.47. The summed E-state index contributed by atoms with van der Waals surface area (Å²) in [6.07, 6.45) is 2.99. The normalized spacial score (nSPS) is 21.7. The van der Waals surface area contributed by atoms with E-state index in [4.69, 9.17) is 5.73 Å². The topological polar surface area (TPSA) is 93.9 Å². The van der Waals surface area contributed by atoms with Crippen LogP contribution in [0, 0.1) is 0 Å². The lowest BCUT2D eigenvalue weighted by atomic mass is 9.85. The number of aromatic nitrogens is 2. The molecule has 1 atom stereocenters. The SMILES string of the molecule is CNC(=O)N1CCC(c2ccc3c(c2)CN(c2cc(N4CCN(C)CC4)nc(N)n2)C(C)C3)CC1. The Kier molecular flexibility index (Phi) is 6.69. The highest BCUT2D eigenvalue weighted by molar-refractivity contribution is 5.73. The number of urea groups is 1. The third-order valence-corrected chi connectivity index (χ3v) is 7.92. The number of carbonyl (C=O) groups excluding carboxylic acids is 1.